The maximum atomic E-state index is 6.27. The Kier molecular flexibility index (Phi) is 6.31. The van der Waals surface area contributed by atoms with Crippen LogP contribution in [0.25, 0.3) is 0 Å². The molecule has 1 N–H and O–H groups in total. The van der Waals surface area contributed by atoms with Crippen molar-refractivity contribution in [3.8, 4) is 0 Å². The Bertz CT molecular complexity index is 639. The van der Waals surface area contributed by atoms with Crippen molar-refractivity contribution in [3.63, 3.8) is 0 Å². The maximum Gasteiger partial charge on any atom is 0.0605 e. The third-order valence-electron chi connectivity index (χ3n) is 4.76. The van der Waals surface area contributed by atoms with E-state index in [1.165, 1.54) is 53.8 Å². The lowest BCUT2D eigenvalue weighted by Gasteiger charge is -2.23. The molecule has 0 bridgehead atoms. The Morgan fingerprint density at radius 1 is 1.33 bits per heavy atom. The average molecular weight is 363 g/mol. The zero-order valence-corrected chi connectivity index (χ0v) is 16.2. The summed E-state index contributed by atoms with van der Waals surface area (Å²) in [5, 5.41) is 4.64. The Balaban J connectivity index is 1.98. The van der Waals surface area contributed by atoms with Gasteiger partial charge in [-0.05, 0) is 67.4 Å². The fourth-order valence-corrected chi connectivity index (χ4v) is 4.79. The predicted octanol–water partition coefficient (Wildman–Crippen LogP) is 6.11. The first-order chi connectivity index (χ1) is 11.7. The second-order valence-electron chi connectivity index (χ2n) is 6.56. The molecule has 24 heavy (non-hydrogen) atoms. The molecule has 1 aromatic rings. The summed E-state index contributed by atoms with van der Waals surface area (Å²) in [6, 6.07) is 6.59. The van der Waals surface area contributed by atoms with E-state index >= 15 is 0 Å². The molecular formula is C20H27ClN2S. The van der Waals surface area contributed by atoms with Gasteiger partial charge in [0.2, 0.25) is 0 Å². The minimum Gasteiger partial charge on any atom is -0.319 e. The number of nitrogens with zero attached hydrogens (tertiary/aromatic N) is 1. The lowest BCUT2D eigenvalue weighted by molar-refractivity contribution is 0.546. The van der Waals surface area contributed by atoms with Gasteiger partial charge in [0.05, 0.1) is 6.04 Å². The number of halogens is 1. The molecule has 1 aliphatic heterocycles. The molecule has 2 aliphatic rings. The fraction of sp³-hybridized carbons (Fsp3) is 0.500. The summed E-state index contributed by atoms with van der Waals surface area (Å²) in [6.07, 6.45) is 12.0. The zero-order chi connectivity index (χ0) is 16.9. The van der Waals surface area contributed by atoms with Crippen LogP contribution in [-0.4, -0.2) is 17.9 Å². The Labute approximate surface area is 155 Å². The van der Waals surface area contributed by atoms with Crippen molar-refractivity contribution in [3.05, 3.63) is 52.2 Å². The smallest absolute Gasteiger partial charge is 0.0605 e. The van der Waals surface area contributed by atoms with Gasteiger partial charge in [-0.25, -0.2) is 0 Å². The van der Waals surface area contributed by atoms with Crippen LogP contribution in [-0.2, 0) is 0 Å². The fourth-order valence-electron chi connectivity index (χ4n) is 3.48. The molecule has 1 unspecified atom stereocenters. The molecule has 0 fully saturated rings. The summed E-state index contributed by atoms with van der Waals surface area (Å²) in [5.74, 6) is 0. The molecule has 0 saturated heterocycles. The maximum absolute atomic E-state index is 6.27. The molecule has 2 nitrogen and oxygen atoms in total. The second kappa shape index (κ2) is 8.46. The monoisotopic (exact) mass is 362 g/mol. The first kappa shape index (κ1) is 17.9. The Morgan fingerprint density at radius 2 is 2.21 bits per heavy atom. The van der Waals surface area contributed by atoms with Gasteiger partial charge >= 0.3 is 0 Å². The third-order valence-corrected chi connectivity index (χ3v) is 6.04. The molecule has 1 aliphatic carbocycles. The summed E-state index contributed by atoms with van der Waals surface area (Å²) >= 11 is 8.08. The second-order valence-corrected chi connectivity index (χ2v) is 8.17. The molecule has 3 rings (SSSR count). The molecule has 0 aromatic heterocycles. The first-order valence-electron chi connectivity index (χ1n) is 9.05. The van der Waals surface area contributed by atoms with E-state index in [1.54, 1.807) is 11.9 Å². The van der Waals surface area contributed by atoms with Gasteiger partial charge in [0.15, 0.2) is 0 Å². The molecule has 0 amide bonds. The predicted molar refractivity (Wildman–Crippen MR) is 105 cm³/mol. The largest absolute Gasteiger partial charge is 0.319 e. The van der Waals surface area contributed by atoms with Crippen LogP contribution < -0.4 is 5.32 Å². The van der Waals surface area contributed by atoms with E-state index in [9.17, 15) is 0 Å². The minimum atomic E-state index is 0.260. The minimum absolute atomic E-state index is 0.260. The van der Waals surface area contributed by atoms with Gasteiger partial charge in [-0.2, -0.15) is 0 Å². The molecule has 1 atom stereocenters. The standard InChI is InChI=1S/C20H27ClN2S/c1-3-4-8-13-22-20-16-9-6-5-7-10-18(16)23(2)24-19-14-15(21)11-12-17(19)20/h6,9,11-12,14,20,22H,3-5,7-8,10,13H2,1-2H3. The van der Waals surface area contributed by atoms with E-state index in [0.717, 1.165) is 18.0 Å². The van der Waals surface area contributed by atoms with Gasteiger partial charge < -0.3 is 9.62 Å². The Morgan fingerprint density at radius 3 is 3.04 bits per heavy atom. The molecule has 4 heteroatoms. The van der Waals surface area contributed by atoms with Crippen LogP contribution in [0.5, 0.6) is 0 Å². The van der Waals surface area contributed by atoms with Crippen molar-refractivity contribution < 1.29 is 0 Å². The normalized spacial score (nSPS) is 20.5. The van der Waals surface area contributed by atoms with Gasteiger partial charge in [-0.1, -0.05) is 49.6 Å². The van der Waals surface area contributed by atoms with Crippen molar-refractivity contribution in [2.75, 3.05) is 13.6 Å². The number of benzene rings is 1. The highest BCUT2D eigenvalue weighted by molar-refractivity contribution is 7.97. The van der Waals surface area contributed by atoms with Crippen LogP contribution in [0.3, 0.4) is 0 Å². The topological polar surface area (TPSA) is 15.3 Å². The van der Waals surface area contributed by atoms with Crippen LogP contribution in [0.1, 0.15) is 57.1 Å². The van der Waals surface area contributed by atoms with Gasteiger partial charge in [-0.3, -0.25) is 0 Å². The quantitative estimate of drug-likeness (QED) is 0.502. The highest BCUT2D eigenvalue weighted by Crippen LogP contribution is 2.43. The lowest BCUT2D eigenvalue weighted by atomic mass is 9.95. The first-order valence-corrected chi connectivity index (χ1v) is 10.2. The van der Waals surface area contributed by atoms with E-state index in [-0.39, 0.29) is 6.04 Å². The summed E-state index contributed by atoms with van der Waals surface area (Å²) in [6.45, 7) is 3.31. The number of unbranched alkanes of at least 4 members (excludes halogenated alkanes) is 2. The van der Waals surface area contributed by atoms with E-state index in [4.69, 9.17) is 11.6 Å². The number of allylic oxidation sites excluding steroid dienone is 2. The van der Waals surface area contributed by atoms with Crippen molar-refractivity contribution >= 4 is 23.5 Å². The van der Waals surface area contributed by atoms with Gasteiger partial charge in [0, 0.05) is 22.7 Å². The average Bonchev–Trinajstić information content (AvgIpc) is 2.86. The molecule has 1 heterocycles. The number of fused-ring (bicyclic) bond motifs is 1. The van der Waals surface area contributed by atoms with E-state index in [0.29, 0.717) is 0 Å². The molecule has 0 spiro atoms. The number of hydrogen-bond acceptors (Lipinski definition) is 3. The van der Waals surface area contributed by atoms with E-state index in [2.05, 4.69) is 47.9 Å². The van der Waals surface area contributed by atoms with Crippen LogP contribution >= 0.6 is 23.5 Å². The lowest BCUT2D eigenvalue weighted by Crippen LogP contribution is -2.25. The molecular weight excluding hydrogens is 336 g/mol. The highest BCUT2D eigenvalue weighted by atomic mass is 35.5. The molecule has 0 radical (unpaired) electrons. The zero-order valence-electron chi connectivity index (χ0n) is 14.6. The summed E-state index contributed by atoms with van der Waals surface area (Å²) in [7, 11) is 2.18. The summed E-state index contributed by atoms with van der Waals surface area (Å²) in [4.78, 5) is 1.26. The van der Waals surface area contributed by atoms with Gasteiger partial charge in [0.25, 0.3) is 0 Å². The van der Waals surface area contributed by atoms with Crippen molar-refractivity contribution in [1.29, 1.82) is 0 Å². The molecule has 0 saturated carbocycles. The van der Waals surface area contributed by atoms with Crippen LogP contribution in [0.15, 0.2) is 46.5 Å². The number of nitrogens with one attached hydrogen (secondary N) is 1. The molecule has 1 aromatic carbocycles. The SMILES string of the molecule is CCCCCNC1C2=C(CCCC=C2)N(C)Sc2cc(Cl)ccc21. The highest BCUT2D eigenvalue weighted by Gasteiger charge is 2.28. The van der Waals surface area contributed by atoms with Crippen molar-refractivity contribution in [1.82, 2.24) is 9.62 Å². The summed E-state index contributed by atoms with van der Waals surface area (Å²) < 4.78 is 2.34. The van der Waals surface area contributed by atoms with Crippen molar-refractivity contribution in [2.24, 2.45) is 0 Å². The Hall–Kier alpha value is -0.900. The summed E-state index contributed by atoms with van der Waals surface area (Å²) in [5.41, 5.74) is 4.23. The van der Waals surface area contributed by atoms with E-state index in [1.807, 2.05) is 6.07 Å². The van der Waals surface area contributed by atoms with Crippen LogP contribution in [0.2, 0.25) is 5.02 Å². The van der Waals surface area contributed by atoms with Crippen LogP contribution in [0.4, 0.5) is 0 Å². The van der Waals surface area contributed by atoms with Crippen molar-refractivity contribution in [2.45, 2.75) is 56.4 Å². The molecule has 130 valence electrons. The number of rotatable bonds is 5. The van der Waals surface area contributed by atoms with E-state index < -0.39 is 0 Å². The third kappa shape index (κ3) is 4.01. The van der Waals surface area contributed by atoms with Crippen LogP contribution in [0, 0.1) is 0 Å². The number of hydrogen-bond donors (Lipinski definition) is 1. The van der Waals surface area contributed by atoms with Gasteiger partial charge in [-0.15, -0.1) is 0 Å². The van der Waals surface area contributed by atoms with Gasteiger partial charge in [0.1, 0.15) is 0 Å².